The van der Waals surface area contributed by atoms with Crippen LogP contribution < -0.4 is 0 Å². The lowest BCUT2D eigenvalue weighted by Gasteiger charge is -2.17. The number of aliphatic carboxylic acids is 2. The Bertz CT molecular complexity index is 464. The lowest BCUT2D eigenvalue weighted by molar-refractivity contribution is -0.140. The Kier molecular flexibility index (Phi) is 4.57. The molecule has 0 saturated carbocycles. The van der Waals surface area contributed by atoms with E-state index in [0.29, 0.717) is 4.90 Å². The zero-order chi connectivity index (χ0) is 13.9. The SMILES string of the molecule is O=C(O)CN(CC(=O)O)C(=O)c1cc(Cl)c(Cl)[nH]1. The maximum Gasteiger partial charge on any atom is 0.323 e. The summed E-state index contributed by atoms with van der Waals surface area (Å²) in [5.41, 5.74) is -0.0764. The van der Waals surface area contributed by atoms with E-state index in [1.54, 1.807) is 0 Å². The minimum absolute atomic E-state index is 0.0191. The summed E-state index contributed by atoms with van der Waals surface area (Å²) in [5, 5.41) is 17.3. The Hall–Kier alpha value is -1.73. The van der Waals surface area contributed by atoms with Crippen molar-refractivity contribution in [3.05, 3.63) is 21.9 Å². The number of carbonyl (C=O) groups excluding carboxylic acids is 1. The summed E-state index contributed by atoms with van der Waals surface area (Å²) in [6.45, 7) is -1.47. The van der Waals surface area contributed by atoms with Crippen molar-refractivity contribution in [2.24, 2.45) is 0 Å². The molecule has 1 aromatic heterocycles. The summed E-state index contributed by atoms with van der Waals surface area (Å²) < 4.78 is 0. The number of carbonyl (C=O) groups is 3. The molecule has 0 aliphatic rings. The topological polar surface area (TPSA) is 111 Å². The van der Waals surface area contributed by atoms with Gasteiger partial charge in [-0.2, -0.15) is 0 Å². The fourth-order valence-electron chi connectivity index (χ4n) is 1.22. The monoisotopic (exact) mass is 294 g/mol. The maximum atomic E-state index is 11.8. The van der Waals surface area contributed by atoms with Crippen LogP contribution in [0.3, 0.4) is 0 Å². The fraction of sp³-hybridized carbons (Fsp3) is 0.222. The largest absolute Gasteiger partial charge is 0.480 e. The second-order valence-electron chi connectivity index (χ2n) is 3.29. The molecule has 0 unspecified atom stereocenters. The molecule has 1 amide bonds. The van der Waals surface area contributed by atoms with Gasteiger partial charge in [-0.1, -0.05) is 23.2 Å². The van der Waals surface area contributed by atoms with Crippen LogP contribution in [0.4, 0.5) is 0 Å². The molecule has 18 heavy (non-hydrogen) atoms. The average molecular weight is 295 g/mol. The zero-order valence-corrected chi connectivity index (χ0v) is 10.3. The normalized spacial score (nSPS) is 10.1. The third-order valence-corrected chi connectivity index (χ3v) is 2.59. The van der Waals surface area contributed by atoms with E-state index in [1.807, 2.05) is 0 Å². The smallest absolute Gasteiger partial charge is 0.323 e. The van der Waals surface area contributed by atoms with E-state index in [2.05, 4.69) is 4.98 Å². The van der Waals surface area contributed by atoms with Crippen LogP contribution in [0.15, 0.2) is 6.07 Å². The van der Waals surface area contributed by atoms with Crippen molar-refractivity contribution in [2.75, 3.05) is 13.1 Å². The average Bonchev–Trinajstić information content (AvgIpc) is 2.56. The number of hydrogen-bond acceptors (Lipinski definition) is 3. The molecule has 9 heteroatoms. The molecule has 0 aromatic carbocycles. The Labute approximate surface area is 111 Å². The quantitative estimate of drug-likeness (QED) is 0.748. The summed E-state index contributed by atoms with van der Waals surface area (Å²) in [4.78, 5) is 36.0. The minimum atomic E-state index is -1.33. The van der Waals surface area contributed by atoms with Crippen LogP contribution in [0, 0.1) is 0 Å². The van der Waals surface area contributed by atoms with Gasteiger partial charge in [-0.15, -0.1) is 0 Å². The van der Waals surface area contributed by atoms with Crippen molar-refractivity contribution >= 4 is 41.0 Å². The Balaban J connectivity index is 2.94. The van der Waals surface area contributed by atoms with Gasteiger partial charge in [-0.25, -0.2) is 0 Å². The highest BCUT2D eigenvalue weighted by Gasteiger charge is 2.23. The predicted octanol–water partition coefficient (Wildman–Crippen LogP) is 0.933. The van der Waals surface area contributed by atoms with Crippen molar-refractivity contribution in [1.82, 2.24) is 9.88 Å². The number of carboxylic acids is 2. The Morgan fingerprint density at radius 1 is 1.17 bits per heavy atom. The number of hydrogen-bond donors (Lipinski definition) is 3. The number of aromatic nitrogens is 1. The Morgan fingerprint density at radius 2 is 1.67 bits per heavy atom. The van der Waals surface area contributed by atoms with E-state index in [9.17, 15) is 14.4 Å². The van der Waals surface area contributed by atoms with Crippen LogP contribution >= 0.6 is 23.2 Å². The molecule has 98 valence electrons. The molecule has 0 radical (unpaired) electrons. The summed E-state index contributed by atoms with van der Waals surface area (Å²) in [6.07, 6.45) is 0. The summed E-state index contributed by atoms with van der Waals surface area (Å²) in [6, 6.07) is 1.20. The van der Waals surface area contributed by atoms with Gasteiger partial charge < -0.3 is 20.1 Å². The lowest BCUT2D eigenvalue weighted by atomic mass is 10.3. The number of amides is 1. The highest BCUT2D eigenvalue weighted by molar-refractivity contribution is 6.41. The molecule has 0 aliphatic heterocycles. The molecule has 0 bridgehead atoms. The van der Waals surface area contributed by atoms with Crippen molar-refractivity contribution < 1.29 is 24.6 Å². The molecule has 1 rings (SSSR count). The van der Waals surface area contributed by atoms with Crippen molar-refractivity contribution in [2.45, 2.75) is 0 Å². The van der Waals surface area contributed by atoms with Gasteiger partial charge in [0.15, 0.2) is 0 Å². The second-order valence-corrected chi connectivity index (χ2v) is 4.08. The highest BCUT2D eigenvalue weighted by atomic mass is 35.5. The molecule has 7 nitrogen and oxygen atoms in total. The van der Waals surface area contributed by atoms with Gasteiger partial charge in [0.05, 0.1) is 5.02 Å². The first-order valence-corrected chi connectivity index (χ1v) is 5.33. The number of rotatable bonds is 5. The number of H-pyrrole nitrogens is 1. The molecule has 0 aliphatic carbocycles. The summed E-state index contributed by atoms with van der Waals surface area (Å²) in [7, 11) is 0. The van der Waals surface area contributed by atoms with Crippen LogP contribution in [0.1, 0.15) is 10.5 Å². The number of halogens is 2. The molecule has 0 saturated heterocycles. The second kappa shape index (κ2) is 5.74. The van der Waals surface area contributed by atoms with Gasteiger partial charge in [0.1, 0.15) is 23.9 Å². The van der Waals surface area contributed by atoms with Gasteiger partial charge in [0.25, 0.3) is 5.91 Å². The van der Waals surface area contributed by atoms with E-state index in [-0.39, 0.29) is 15.9 Å². The predicted molar refractivity (Wildman–Crippen MR) is 62.0 cm³/mol. The molecule has 1 heterocycles. The highest BCUT2D eigenvalue weighted by Crippen LogP contribution is 2.22. The number of nitrogens with one attached hydrogen (secondary N) is 1. The number of aromatic amines is 1. The van der Waals surface area contributed by atoms with Gasteiger partial charge in [0.2, 0.25) is 0 Å². The van der Waals surface area contributed by atoms with Crippen molar-refractivity contribution in [3.8, 4) is 0 Å². The molecular weight excluding hydrogens is 287 g/mol. The van der Waals surface area contributed by atoms with Gasteiger partial charge in [-0.3, -0.25) is 14.4 Å². The maximum absolute atomic E-state index is 11.8. The van der Waals surface area contributed by atoms with E-state index >= 15 is 0 Å². The first-order valence-electron chi connectivity index (χ1n) is 4.58. The fourth-order valence-corrected chi connectivity index (χ4v) is 1.53. The van der Waals surface area contributed by atoms with Crippen LogP contribution in [0.2, 0.25) is 10.2 Å². The molecule has 0 atom stereocenters. The lowest BCUT2D eigenvalue weighted by Crippen LogP contribution is -2.39. The van der Waals surface area contributed by atoms with Crippen molar-refractivity contribution in [3.63, 3.8) is 0 Å². The zero-order valence-electron chi connectivity index (χ0n) is 8.81. The van der Waals surface area contributed by atoms with Crippen LogP contribution in [0.25, 0.3) is 0 Å². The van der Waals surface area contributed by atoms with Crippen LogP contribution in [-0.4, -0.2) is 51.0 Å². The number of carboxylic acid groups (broad SMARTS) is 2. The van der Waals surface area contributed by atoms with E-state index < -0.39 is 30.9 Å². The van der Waals surface area contributed by atoms with Gasteiger partial charge >= 0.3 is 11.9 Å². The summed E-state index contributed by atoms with van der Waals surface area (Å²) in [5.74, 6) is -3.46. The first-order chi connectivity index (χ1) is 8.31. The third kappa shape index (κ3) is 3.64. The minimum Gasteiger partial charge on any atom is -0.480 e. The van der Waals surface area contributed by atoms with E-state index in [0.717, 1.165) is 0 Å². The number of nitrogens with zero attached hydrogens (tertiary/aromatic N) is 1. The molecule has 0 spiro atoms. The van der Waals surface area contributed by atoms with E-state index in [1.165, 1.54) is 6.07 Å². The standard InChI is InChI=1S/C9H8Cl2N2O5/c10-4-1-5(12-8(4)11)9(18)13(2-6(14)15)3-7(16)17/h1,12H,2-3H2,(H,14,15)(H,16,17). The van der Waals surface area contributed by atoms with Crippen LogP contribution in [0.5, 0.6) is 0 Å². The van der Waals surface area contributed by atoms with Gasteiger partial charge in [-0.05, 0) is 6.07 Å². The van der Waals surface area contributed by atoms with Crippen LogP contribution in [-0.2, 0) is 9.59 Å². The van der Waals surface area contributed by atoms with Gasteiger partial charge in [0, 0.05) is 0 Å². The molecule has 3 N–H and O–H groups in total. The third-order valence-electron chi connectivity index (χ3n) is 1.90. The molecular formula is C9H8Cl2N2O5. The van der Waals surface area contributed by atoms with Crippen molar-refractivity contribution in [1.29, 1.82) is 0 Å². The summed E-state index contributed by atoms with van der Waals surface area (Å²) >= 11 is 11.2. The molecule has 1 aromatic rings. The molecule has 0 fully saturated rings. The first kappa shape index (κ1) is 14.3. The van der Waals surface area contributed by atoms with E-state index in [4.69, 9.17) is 33.4 Å². The Morgan fingerprint density at radius 3 is 2.00 bits per heavy atom.